The first-order chi connectivity index (χ1) is 29.2. The molecule has 0 aromatic heterocycles. The van der Waals surface area contributed by atoms with Gasteiger partial charge in [0.2, 0.25) is 5.78 Å². The third-order valence-electron chi connectivity index (χ3n) is 10.3. The van der Waals surface area contributed by atoms with Crippen LogP contribution in [0.15, 0.2) is 82.6 Å². The van der Waals surface area contributed by atoms with Crippen molar-refractivity contribution in [2.75, 3.05) is 20.8 Å². The fraction of sp³-hybridized carbons (Fsp3) is 0.435. The van der Waals surface area contributed by atoms with E-state index in [-0.39, 0.29) is 22.6 Å². The number of methoxy groups -OCH3 is 2. The van der Waals surface area contributed by atoms with E-state index in [4.69, 9.17) is 18.4 Å². The maximum atomic E-state index is 14.1. The molecule has 4 aromatic rings. The zero-order valence-electron chi connectivity index (χ0n) is 35.2. The highest BCUT2D eigenvalue weighted by atomic mass is 32.2. The van der Waals surface area contributed by atoms with E-state index in [0.29, 0.717) is 12.7 Å². The van der Waals surface area contributed by atoms with Crippen molar-refractivity contribution in [1.82, 2.24) is 0 Å². The van der Waals surface area contributed by atoms with Crippen molar-refractivity contribution in [3.05, 3.63) is 95.1 Å². The van der Waals surface area contributed by atoms with Gasteiger partial charge in [0, 0.05) is 23.8 Å². The monoisotopic (exact) mass is 882 g/mol. The van der Waals surface area contributed by atoms with Crippen LogP contribution in [0.3, 0.4) is 0 Å². The van der Waals surface area contributed by atoms with E-state index in [1.807, 2.05) is 0 Å². The number of ketones is 2. The van der Waals surface area contributed by atoms with Crippen molar-refractivity contribution in [2.45, 2.75) is 119 Å². The average Bonchev–Trinajstić information content (AvgIpc) is 3.23. The highest BCUT2D eigenvalue weighted by Crippen LogP contribution is 2.39. The number of phenols is 2. The number of aromatic hydroxyl groups is 2. The Hall–Kier alpha value is -5.12. The van der Waals surface area contributed by atoms with E-state index >= 15 is 0 Å². The van der Waals surface area contributed by atoms with E-state index in [2.05, 4.69) is 6.92 Å². The molecule has 0 aliphatic carbocycles. The van der Waals surface area contributed by atoms with E-state index < -0.39 is 75.7 Å². The van der Waals surface area contributed by atoms with Crippen molar-refractivity contribution >= 4 is 31.8 Å². The summed E-state index contributed by atoms with van der Waals surface area (Å²) < 4.78 is 83.5. The molecule has 0 saturated heterocycles. The number of hydrogen-bond acceptors (Lipinski definition) is 12. The molecule has 4 aromatic carbocycles. The van der Waals surface area contributed by atoms with Gasteiger partial charge in [-0.25, -0.2) is 0 Å². The largest absolute Gasteiger partial charge is 0.507 e. The Morgan fingerprint density at radius 1 is 0.541 bits per heavy atom. The first-order valence-corrected chi connectivity index (χ1v) is 23.7. The third kappa shape index (κ3) is 14.2. The van der Waals surface area contributed by atoms with Crippen LogP contribution in [0.4, 0.5) is 0 Å². The summed E-state index contributed by atoms with van der Waals surface area (Å²) in [5.41, 5.74) is -1.28. The van der Waals surface area contributed by atoms with Crippen molar-refractivity contribution < 1.29 is 59.6 Å². The molecule has 0 bridgehead atoms. The van der Waals surface area contributed by atoms with Gasteiger partial charge >= 0.3 is 10.1 Å². The molecular formula is C46H58O13S2. The van der Waals surface area contributed by atoms with Gasteiger partial charge in [0.1, 0.15) is 38.5 Å². The second-order valence-corrected chi connectivity index (χ2v) is 17.8. The summed E-state index contributed by atoms with van der Waals surface area (Å²) in [6, 6.07) is 15.3. The molecule has 332 valence electrons. The molecule has 0 atom stereocenters. The van der Waals surface area contributed by atoms with Crippen LogP contribution in [0.1, 0.15) is 141 Å². The first kappa shape index (κ1) is 48.5. The van der Waals surface area contributed by atoms with Crippen LogP contribution in [-0.4, -0.2) is 64.0 Å². The molecule has 0 aliphatic rings. The van der Waals surface area contributed by atoms with Gasteiger partial charge in [0.05, 0.1) is 37.5 Å². The maximum Gasteiger partial charge on any atom is 0.342 e. The predicted molar refractivity (Wildman–Crippen MR) is 232 cm³/mol. The number of unbranched alkanes of at least 4 members (excludes halogenated alkanes) is 15. The summed E-state index contributed by atoms with van der Waals surface area (Å²) in [4.78, 5) is 25.7. The third-order valence-corrected chi connectivity index (χ3v) is 12.4. The van der Waals surface area contributed by atoms with E-state index in [0.717, 1.165) is 58.1 Å². The van der Waals surface area contributed by atoms with Crippen LogP contribution < -0.4 is 18.4 Å². The molecule has 0 heterocycles. The Morgan fingerprint density at radius 3 is 1.51 bits per heavy atom. The summed E-state index contributed by atoms with van der Waals surface area (Å²) >= 11 is 0. The molecule has 61 heavy (non-hydrogen) atoms. The van der Waals surface area contributed by atoms with Crippen LogP contribution >= 0.6 is 0 Å². The number of rotatable bonds is 28. The van der Waals surface area contributed by atoms with Gasteiger partial charge < -0.3 is 28.6 Å². The van der Waals surface area contributed by atoms with Gasteiger partial charge in [-0.2, -0.15) is 16.8 Å². The molecule has 0 fully saturated rings. The summed E-state index contributed by atoms with van der Waals surface area (Å²) in [6.45, 7) is 2.58. The molecule has 0 spiro atoms. The van der Waals surface area contributed by atoms with Crippen LogP contribution in [0.5, 0.6) is 34.5 Å². The van der Waals surface area contributed by atoms with E-state index in [1.54, 1.807) is 36.4 Å². The lowest BCUT2D eigenvalue weighted by atomic mass is 10.0. The van der Waals surface area contributed by atoms with Gasteiger partial charge in [-0.1, -0.05) is 134 Å². The fourth-order valence-electron chi connectivity index (χ4n) is 6.92. The van der Waals surface area contributed by atoms with Crippen LogP contribution in [-0.2, 0) is 20.2 Å². The zero-order valence-corrected chi connectivity index (χ0v) is 36.8. The lowest BCUT2D eigenvalue weighted by Crippen LogP contribution is -2.15. The van der Waals surface area contributed by atoms with Gasteiger partial charge in [0.25, 0.3) is 10.1 Å². The summed E-state index contributed by atoms with van der Waals surface area (Å²) in [5, 5.41) is 21.4. The van der Waals surface area contributed by atoms with Gasteiger partial charge in [-0.05, 0) is 30.7 Å². The highest BCUT2D eigenvalue weighted by Gasteiger charge is 2.31. The topological polar surface area (TPSA) is 200 Å². The lowest BCUT2D eigenvalue weighted by molar-refractivity contribution is 0.102. The van der Waals surface area contributed by atoms with Crippen LogP contribution in [0.25, 0.3) is 0 Å². The Bertz CT molecular complexity index is 2290. The SMILES string of the molecule is CCCCCCCCCCCCCCCCCCOc1ccc(C(=O)c2ccccc2)c(OS(=O)(=O)c2cc(C(=O)c3cc(S(=O)(=O)O)c(OC)cc3O)c(O)cc2OC)c1. The molecule has 0 radical (unpaired) electrons. The summed E-state index contributed by atoms with van der Waals surface area (Å²) in [6.07, 6.45) is 19.7. The predicted octanol–water partition coefficient (Wildman–Crippen LogP) is 10.2. The molecule has 0 saturated carbocycles. The minimum atomic E-state index is -4.99. The van der Waals surface area contributed by atoms with Crippen LogP contribution in [0.2, 0.25) is 0 Å². The first-order valence-electron chi connectivity index (χ1n) is 20.9. The molecule has 15 heteroatoms. The number of carbonyl (C=O) groups is 2. The maximum absolute atomic E-state index is 14.1. The van der Waals surface area contributed by atoms with Crippen molar-refractivity contribution in [1.29, 1.82) is 0 Å². The Kier molecular flexibility index (Phi) is 18.9. The fourth-order valence-corrected chi connectivity index (χ4v) is 8.70. The Morgan fingerprint density at radius 2 is 1.02 bits per heavy atom. The van der Waals surface area contributed by atoms with Gasteiger partial charge in [-0.3, -0.25) is 14.1 Å². The molecule has 3 N–H and O–H groups in total. The quantitative estimate of drug-likeness (QED) is 0.0211. The molecular weight excluding hydrogens is 825 g/mol. The second kappa shape index (κ2) is 23.8. The van der Waals surface area contributed by atoms with Gasteiger partial charge in [0.15, 0.2) is 11.5 Å². The zero-order chi connectivity index (χ0) is 44.4. The Balaban J connectivity index is 1.46. The number of ether oxygens (including phenoxy) is 3. The minimum Gasteiger partial charge on any atom is -0.507 e. The highest BCUT2D eigenvalue weighted by molar-refractivity contribution is 7.87. The number of hydrogen-bond donors (Lipinski definition) is 3. The number of phenolic OH excluding ortho intramolecular Hbond substituents is 2. The molecule has 0 amide bonds. The molecule has 4 rings (SSSR count). The smallest absolute Gasteiger partial charge is 0.342 e. The molecule has 0 aliphatic heterocycles. The number of benzene rings is 4. The molecule has 0 unspecified atom stereocenters. The van der Waals surface area contributed by atoms with Crippen LogP contribution in [0, 0.1) is 0 Å². The van der Waals surface area contributed by atoms with Crippen molar-refractivity contribution in [2.24, 2.45) is 0 Å². The van der Waals surface area contributed by atoms with E-state index in [1.165, 1.54) is 89.2 Å². The lowest BCUT2D eigenvalue weighted by Gasteiger charge is -2.16. The van der Waals surface area contributed by atoms with E-state index in [9.17, 15) is 41.2 Å². The molecule has 13 nitrogen and oxygen atoms in total. The normalized spacial score (nSPS) is 11.6. The Labute approximate surface area is 359 Å². The second-order valence-electron chi connectivity index (χ2n) is 14.9. The van der Waals surface area contributed by atoms with Crippen molar-refractivity contribution in [3.63, 3.8) is 0 Å². The van der Waals surface area contributed by atoms with Gasteiger partial charge in [-0.15, -0.1) is 0 Å². The standard InChI is InChI=1S/C46H58O13S2/c1-4-5-6-7-8-9-10-11-12-13-14-15-16-17-18-22-27-58-34-25-26-35(45(49)33-23-20-19-21-24-33)40(28-34)59-61(54,55)44-30-37(39(48)32-42(44)57-3)46(50)36-29-43(60(51,52)53)41(56-2)31-38(36)47/h19-21,23-26,28-32,47-48H,4-18,22,27H2,1-3H3,(H,51,52,53). The summed E-state index contributed by atoms with van der Waals surface area (Å²) in [5.74, 6) is -4.44. The van der Waals surface area contributed by atoms with Crippen molar-refractivity contribution in [3.8, 4) is 34.5 Å². The average molecular weight is 883 g/mol. The summed E-state index contributed by atoms with van der Waals surface area (Å²) in [7, 11) is -7.77. The number of carbonyl (C=O) groups excluding carboxylic acids is 2. The minimum absolute atomic E-state index is 0.112.